The van der Waals surface area contributed by atoms with Gasteiger partial charge in [-0.15, -0.1) is 0 Å². The molecule has 1 unspecified atom stereocenters. The first-order chi connectivity index (χ1) is 12.0. The van der Waals surface area contributed by atoms with Crippen LogP contribution in [0, 0.1) is 5.92 Å². The molecule has 3 rings (SSSR count). The average molecular weight is 441 g/mol. The summed E-state index contributed by atoms with van der Waals surface area (Å²) in [5.41, 5.74) is 3.35. The van der Waals surface area contributed by atoms with Crippen LogP contribution in [-0.2, 0) is 15.4 Å². The molecule has 6 nitrogen and oxygen atoms in total. The highest BCUT2D eigenvalue weighted by atomic mass is 79.9. The van der Waals surface area contributed by atoms with Crippen LogP contribution in [0.5, 0.6) is 0 Å². The van der Waals surface area contributed by atoms with Crippen molar-refractivity contribution in [2.24, 2.45) is 5.92 Å². The lowest BCUT2D eigenvalue weighted by Gasteiger charge is -2.23. The molecule has 1 aromatic heterocycles. The number of sulfonamides is 1. The molecule has 26 heavy (non-hydrogen) atoms. The van der Waals surface area contributed by atoms with E-state index in [2.05, 4.69) is 57.8 Å². The second-order valence-electron chi connectivity index (χ2n) is 7.99. The molecule has 0 saturated carbocycles. The molecule has 0 spiro atoms. The van der Waals surface area contributed by atoms with Gasteiger partial charge in [-0.05, 0) is 64.5 Å². The Balaban J connectivity index is 2.09. The van der Waals surface area contributed by atoms with Crippen molar-refractivity contribution in [2.45, 2.75) is 38.6 Å². The third kappa shape index (κ3) is 4.42. The van der Waals surface area contributed by atoms with E-state index >= 15 is 0 Å². The van der Waals surface area contributed by atoms with Gasteiger partial charge in [0.2, 0.25) is 10.0 Å². The Bertz CT molecular complexity index is 919. The third-order valence-corrected chi connectivity index (χ3v) is 6.00. The maximum Gasteiger partial charge on any atom is 0.209 e. The number of hydrogen-bond donors (Lipinski definition) is 2. The molecule has 1 aliphatic rings. The number of nitrogens with zero attached hydrogens (tertiary/aromatic N) is 2. The fourth-order valence-electron chi connectivity index (χ4n) is 3.27. The van der Waals surface area contributed by atoms with Gasteiger partial charge in [-0.2, -0.15) is 0 Å². The van der Waals surface area contributed by atoms with Crippen molar-refractivity contribution >= 4 is 37.0 Å². The zero-order valence-electron chi connectivity index (χ0n) is 15.5. The quantitative estimate of drug-likeness (QED) is 0.763. The van der Waals surface area contributed by atoms with Gasteiger partial charge in [-0.1, -0.05) is 20.8 Å². The highest BCUT2D eigenvalue weighted by molar-refractivity contribution is 9.10. The molecule has 1 aliphatic heterocycles. The average Bonchev–Trinajstić information content (AvgIpc) is 3.04. The van der Waals surface area contributed by atoms with E-state index in [0.29, 0.717) is 5.69 Å². The standard InChI is InChI=1S/C18H25BrN4O2S/c1-18(2,3)12-7-13(19)17-14(8-12)22-15(10-21-17)16(23-26(4,24)25)11-5-6-20-9-11/h7-8,10-11,16,20,23H,5-6,9H2,1-4H3/t11?,16-/m0/s1. The van der Waals surface area contributed by atoms with Gasteiger partial charge in [0.25, 0.3) is 0 Å². The van der Waals surface area contributed by atoms with Crippen LogP contribution >= 0.6 is 15.9 Å². The molecule has 1 saturated heterocycles. The van der Waals surface area contributed by atoms with Gasteiger partial charge in [0.1, 0.15) is 5.52 Å². The molecular formula is C18H25BrN4O2S. The highest BCUT2D eigenvalue weighted by Crippen LogP contribution is 2.32. The Hall–Kier alpha value is -1.09. The van der Waals surface area contributed by atoms with Gasteiger partial charge in [-0.25, -0.2) is 18.1 Å². The lowest BCUT2D eigenvalue weighted by Crippen LogP contribution is -2.34. The largest absolute Gasteiger partial charge is 0.316 e. The van der Waals surface area contributed by atoms with E-state index in [1.165, 1.54) is 6.26 Å². The van der Waals surface area contributed by atoms with Gasteiger partial charge in [0, 0.05) is 4.47 Å². The van der Waals surface area contributed by atoms with Gasteiger partial charge < -0.3 is 5.32 Å². The Morgan fingerprint density at radius 1 is 1.35 bits per heavy atom. The fourth-order valence-corrected chi connectivity index (χ4v) is 4.60. The van der Waals surface area contributed by atoms with E-state index in [0.717, 1.165) is 40.6 Å². The number of nitrogens with one attached hydrogen (secondary N) is 2. The summed E-state index contributed by atoms with van der Waals surface area (Å²) in [5.74, 6) is 0.158. The minimum Gasteiger partial charge on any atom is -0.316 e. The van der Waals surface area contributed by atoms with E-state index < -0.39 is 10.0 Å². The van der Waals surface area contributed by atoms with Gasteiger partial charge in [0.05, 0.1) is 29.7 Å². The first kappa shape index (κ1) is 19.7. The summed E-state index contributed by atoms with van der Waals surface area (Å²) in [6.45, 7) is 8.09. The maximum absolute atomic E-state index is 11.9. The Kier molecular flexibility index (Phi) is 5.40. The van der Waals surface area contributed by atoms with Gasteiger partial charge in [-0.3, -0.25) is 4.98 Å². The van der Waals surface area contributed by atoms with Crippen LogP contribution in [0.4, 0.5) is 0 Å². The smallest absolute Gasteiger partial charge is 0.209 e. The summed E-state index contributed by atoms with van der Waals surface area (Å²) in [5, 5.41) is 3.29. The first-order valence-corrected chi connectivity index (χ1v) is 11.4. The zero-order valence-corrected chi connectivity index (χ0v) is 17.9. The monoisotopic (exact) mass is 440 g/mol. The molecule has 0 radical (unpaired) electrons. The molecular weight excluding hydrogens is 416 g/mol. The van der Waals surface area contributed by atoms with Crippen molar-refractivity contribution < 1.29 is 8.42 Å². The van der Waals surface area contributed by atoms with E-state index in [4.69, 9.17) is 4.98 Å². The number of benzene rings is 1. The Labute approximate surface area is 163 Å². The predicted molar refractivity (Wildman–Crippen MR) is 108 cm³/mol. The molecule has 2 N–H and O–H groups in total. The van der Waals surface area contributed by atoms with E-state index in [9.17, 15) is 8.42 Å². The molecule has 8 heteroatoms. The van der Waals surface area contributed by atoms with Crippen molar-refractivity contribution in [3.05, 3.63) is 34.1 Å². The summed E-state index contributed by atoms with van der Waals surface area (Å²) >= 11 is 3.59. The number of halogens is 1. The Morgan fingerprint density at radius 3 is 2.65 bits per heavy atom. The van der Waals surface area contributed by atoms with E-state index in [-0.39, 0.29) is 17.4 Å². The predicted octanol–water partition coefficient (Wildman–Crippen LogP) is 2.89. The minimum absolute atomic E-state index is 0.0197. The summed E-state index contributed by atoms with van der Waals surface area (Å²) in [7, 11) is -3.36. The van der Waals surface area contributed by atoms with Gasteiger partial charge in [0.15, 0.2) is 0 Å². The summed E-state index contributed by atoms with van der Waals surface area (Å²) in [6.07, 6.45) is 3.77. The van der Waals surface area contributed by atoms with Crippen LogP contribution in [0.2, 0.25) is 0 Å². The summed E-state index contributed by atoms with van der Waals surface area (Å²) in [4.78, 5) is 9.35. The van der Waals surface area contributed by atoms with Crippen molar-refractivity contribution in [3.63, 3.8) is 0 Å². The normalized spacial score (nSPS) is 19.8. The van der Waals surface area contributed by atoms with Crippen LogP contribution in [0.15, 0.2) is 22.8 Å². The molecule has 0 amide bonds. The lowest BCUT2D eigenvalue weighted by atomic mass is 9.87. The van der Waals surface area contributed by atoms with Crippen molar-refractivity contribution in [2.75, 3.05) is 19.3 Å². The molecule has 1 fully saturated rings. The Morgan fingerprint density at radius 2 is 2.08 bits per heavy atom. The van der Waals surface area contributed by atoms with E-state index in [1.54, 1.807) is 6.20 Å². The molecule has 0 aliphatic carbocycles. The van der Waals surface area contributed by atoms with Crippen LogP contribution in [-0.4, -0.2) is 37.7 Å². The van der Waals surface area contributed by atoms with Crippen LogP contribution in [0.3, 0.4) is 0 Å². The topological polar surface area (TPSA) is 84.0 Å². The van der Waals surface area contributed by atoms with Crippen molar-refractivity contribution in [3.8, 4) is 0 Å². The zero-order chi connectivity index (χ0) is 19.1. The lowest BCUT2D eigenvalue weighted by molar-refractivity contribution is 0.424. The first-order valence-electron chi connectivity index (χ1n) is 8.69. The molecule has 2 atom stereocenters. The third-order valence-electron chi connectivity index (χ3n) is 4.71. The van der Waals surface area contributed by atoms with Crippen LogP contribution in [0.1, 0.15) is 44.5 Å². The number of fused-ring (bicyclic) bond motifs is 1. The molecule has 1 aromatic carbocycles. The second-order valence-corrected chi connectivity index (χ2v) is 10.6. The molecule has 0 bridgehead atoms. The van der Waals surface area contributed by atoms with Gasteiger partial charge >= 0.3 is 0 Å². The maximum atomic E-state index is 11.9. The SMILES string of the molecule is CC(C)(C)c1cc(Br)c2ncc([C@@H](NS(C)(=O)=O)C3CCNC3)nc2c1. The molecule has 142 valence electrons. The number of rotatable bonds is 4. The van der Waals surface area contributed by atoms with Crippen molar-refractivity contribution in [1.29, 1.82) is 0 Å². The summed E-state index contributed by atoms with van der Waals surface area (Å²) < 4.78 is 27.4. The second kappa shape index (κ2) is 7.14. The highest BCUT2D eigenvalue weighted by Gasteiger charge is 2.30. The molecule has 2 heterocycles. The fraction of sp³-hybridized carbons (Fsp3) is 0.556. The van der Waals surface area contributed by atoms with E-state index in [1.807, 2.05) is 6.07 Å². The minimum atomic E-state index is -3.36. The van der Waals surface area contributed by atoms with Crippen LogP contribution in [0.25, 0.3) is 11.0 Å². The number of hydrogen-bond acceptors (Lipinski definition) is 5. The summed E-state index contributed by atoms with van der Waals surface area (Å²) in [6, 6.07) is 3.74. The molecule has 2 aromatic rings. The van der Waals surface area contributed by atoms with Crippen LogP contribution < -0.4 is 10.0 Å². The van der Waals surface area contributed by atoms with Crippen molar-refractivity contribution in [1.82, 2.24) is 20.0 Å². The number of aromatic nitrogens is 2.